The first-order valence-electron chi connectivity index (χ1n) is 11.8. The van der Waals surface area contributed by atoms with Gasteiger partial charge >= 0.3 is 0 Å². The number of aryl methyl sites for hydroxylation is 2. The van der Waals surface area contributed by atoms with E-state index in [4.69, 9.17) is 5.73 Å². The van der Waals surface area contributed by atoms with Crippen molar-refractivity contribution in [1.82, 2.24) is 25.1 Å². The van der Waals surface area contributed by atoms with Crippen LogP contribution in [0.15, 0.2) is 36.4 Å². The Morgan fingerprint density at radius 2 is 1.86 bits per heavy atom. The van der Waals surface area contributed by atoms with Crippen LogP contribution in [0.3, 0.4) is 0 Å². The minimum absolute atomic E-state index is 0.144. The lowest BCUT2D eigenvalue weighted by atomic mass is 10.1. The van der Waals surface area contributed by atoms with Gasteiger partial charge in [0.25, 0.3) is 5.91 Å². The van der Waals surface area contributed by atoms with Gasteiger partial charge in [0, 0.05) is 25.4 Å². The Bertz CT molecular complexity index is 1040. The number of primary amides is 1. The van der Waals surface area contributed by atoms with E-state index in [1.807, 2.05) is 58.1 Å². The second-order valence-electron chi connectivity index (χ2n) is 8.40. The number of hydrogen-bond donors (Lipinski definition) is 3. The third-order valence-electron chi connectivity index (χ3n) is 5.05. The van der Waals surface area contributed by atoms with Gasteiger partial charge in [0.2, 0.25) is 5.91 Å². The summed E-state index contributed by atoms with van der Waals surface area (Å²) in [6, 6.07) is 8.01. The molecule has 0 radical (unpaired) electrons. The largest absolute Gasteiger partial charge is 0.364 e. The molecule has 4 N–H and O–H groups in total. The number of carbonyl (C=O) groups is 3. The number of aromatic nitrogens is 2. The maximum atomic E-state index is 11.6. The summed E-state index contributed by atoms with van der Waals surface area (Å²) in [6.45, 7) is 5.61. The van der Waals surface area contributed by atoms with Gasteiger partial charge in [-0.05, 0) is 65.1 Å². The van der Waals surface area contributed by atoms with Crippen LogP contribution in [0.4, 0.5) is 11.5 Å². The van der Waals surface area contributed by atoms with E-state index >= 15 is 0 Å². The summed E-state index contributed by atoms with van der Waals surface area (Å²) in [5.41, 5.74) is 9.24. The standard InChI is InChI=1S/C17H23N5O.C9H16N2O2/c1-4-14-11(2)20-15(16(18)23)17(22-14)21-13-7-5-6-12(10-13)8-9-19-3;1-10(2)6-4-5-9(13)11(3)7-8-12/h5-7,10,19H,4,8-9H2,1-3H3,(H2,18,23)(H,21,22);4-5,8H,6-7H2,1-3H3/b;5-4+. The maximum Gasteiger partial charge on any atom is 0.271 e. The number of nitrogens with two attached hydrogens (primary N) is 1. The third-order valence-corrected chi connectivity index (χ3v) is 5.05. The highest BCUT2D eigenvalue weighted by atomic mass is 16.2. The van der Waals surface area contributed by atoms with Crippen molar-refractivity contribution in [3.8, 4) is 0 Å². The average Bonchev–Trinajstić information content (AvgIpc) is 2.84. The van der Waals surface area contributed by atoms with Gasteiger partial charge in [0.1, 0.15) is 6.29 Å². The van der Waals surface area contributed by atoms with Crippen LogP contribution in [0.5, 0.6) is 0 Å². The molecule has 0 unspecified atom stereocenters. The van der Waals surface area contributed by atoms with Crippen LogP contribution < -0.4 is 16.4 Å². The van der Waals surface area contributed by atoms with Crippen molar-refractivity contribution in [2.45, 2.75) is 26.7 Å². The Hall–Kier alpha value is -3.63. The molecule has 0 atom stereocenters. The van der Waals surface area contributed by atoms with Crippen LogP contribution in [-0.2, 0) is 22.4 Å². The summed E-state index contributed by atoms with van der Waals surface area (Å²) in [4.78, 5) is 45.0. The smallest absolute Gasteiger partial charge is 0.271 e. The van der Waals surface area contributed by atoms with Gasteiger partial charge < -0.3 is 31.0 Å². The number of carbonyl (C=O) groups excluding carboxylic acids is 3. The molecule has 1 aromatic heterocycles. The van der Waals surface area contributed by atoms with Crippen molar-refractivity contribution < 1.29 is 14.4 Å². The van der Waals surface area contributed by atoms with Crippen molar-refractivity contribution in [1.29, 1.82) is 0 Å². The fourth-order valence-corrected chi connectivity index (χ4v) is 3.05. The Morgan fingerprint density at radius 1 is 1.14 bits per heavy atom. The molecule has 0 spiro atoms. The van der Waals surface area contributed by atoms with Crippen LogP contribution in [0.2, 0.25) is 0 Å². The van der Waals surface area contributed by atoms with Crippen molar-refractivity contribution in [2.75, 3.05) is 53.1 Å². The monoisotopic (exact) mass is 497 g/mol. The second-order valence-corrected chi connectivity index (χ2v) is 8.40. The molecule has 0 aliphatic heterocycles. The van der Waals surface area contributed by atoms with E-state index in [9.17, 15) is 14.4 Å². The molecule has 196 valence electrons. The van der Waals surface area contributed by atoms with Gasteiger partial charge in [0.05, 0.1) is 17.9 Å². The summed E-state index contributed by atoms with van der Waals surface area (Å²) in [5.74, 6) is -0.322. The van der Waals surface area contributed by atoms with E-state index in [0.29, 0.717) is 12.1 Å². The predicted molar refractivity (Wildman–Crippen MR) is 143 cm³/mol. The molecule has 0 aliphatic carbocycles. The molecule has 0 saturated heterocycles. The highest BCUT2D eigenvalue weighted by molar-refractivity contribution is 5.96. The van der Waals surface area contributed by atoms with Gasteiger partial charge in [0.15, 0.2) is 11.5 Å². The van der Waals surface area contributed by atoms with Crippen LogP contribution >= 0.6 is 0 Å². The number of nitrogens with one attached hydrogen (secondary N) is 2. The summed E-state index contributed by atoms with van der Waals surface area (Å²) in [5, 5.41) is 6.30. The minimum atomic E-state index is -0.586. The van der Waals surface area contributed by atoms with Gasteiger partial charge in [-0.1, -0.05) is 25.1 Å². The topological polar surface area (TPSA) is 134 Å². The molecule has 0 bridgehead atoms. The maximum absolute atomic E-state index is 11.6. The molecule has 36 heavy (non-hydrogen) atoms. The fourth-order valence-electron chi connectivity index (χ4n) is 3.05. The summed E-state index contributed by atoms with van der Waals surface area (Å²) in [6.07, 6.45) is 5.62. The molecular formula is C26H39N7O3. The average molecular weight is 498 g/mol. The lowest BCUT2D eigenvalue weighted by molar-refractivity contribution is -0.127. The molecule has 2 amide bonds. The van der Waals surface area contributed by atoms with Gasteiger partial charge in [-0.15, -0.1) is 0 Å². The van der Waals surface area contributed by atoms with Crippen molar-refractivity contribution in [3.63, 3.8) is 0 Å². The number of nitrogens with zero attached hydrogens (tertiary/aromatic N) is 4. The number of likely N-dealkylation sites (N-methyl/N-ethyl adjacent to an activating group) is 3. The van der Waals surface area contributed by atoms with Crippen LogP contribution in [0.1, 0.15) is 34.4 Å². The quantitative estimate of drug-likeness (QED) is 0.298. The Labute approximate surface area is 214 Å². The predicted octanol–water partition coefficient (Wildman–Crippen LogP) is 1.71. The zero-order chi connectivity index (χ0) is 27.1. The molecule has 10 nitrogen and oxygen atoms in total. The number of amides is 2. The number of anilines is 2. The number of benzene rings is 1. The fraction of sp³-hybridized carbons (Fsp3) is 0.423. The van der Waals surface area contributed by atoms with Gasteiger partial charge in [-0.2, -0.15) is 0 Å². The lowest BCUT2D eigenvalue weighted by Crippen LogP contribution is -2.26. The second kappa shape index (κ2) is 16.1. The Morgan fingerprint density at radius 3 is 2.44 bits per heavy atom. The van der Waals surface area contributed by atoms with Crippen LogP contribution in [0, 0.1) is 6.92 Å². The molecule has 0 aliphatic rings. The SMILES string of the molecule is CCc1nc(Nc2cccc(CCNC)c2)c(C(N)=O)nc1C.CN(C)C/C=C/C(=O)N(C)CC=O. The van der Waals surface area contributed by atoms with E-state index in [1.54, 1.807) is 13.1 Å². The first-order valence-corrected chi connectivity index (χ1v) is 11.8. The summed E-state index contributed by atoms with van der Waals surface area (Å²) < 4.78 is 0. The third kappa shape index (κ3) is 10.7. The van der Waals surface area contributed by atoms with E-state index < -0.39 is 5.91 Å². The van der Waals surface area contributed by atoms with Crippen LogP contribution in [0.25, 0.3) is 0 Å². The molecule has 1 aromatic carbocycles. The van der Waals surface area contributed by atoms with Crippen molar-refractivity contribution in [2.24, 2.45) is 5.73 Å². The molecule has 2 rings (SSSR count). The van der Waals surface area contributed by atoms with Gasteiger partial charge in [-0.3, -0.25) is 9.59 Å². The highest BCUT2D eigenvalue weighted by Gasteiger charge is 2.15. The molecule has 2 aromatic rings. The van der Waals surface area contributed by atoms with Crippen molar-refractivity contribution in [3.05, 3.63) is 59.1 Å². The van der Waals surface area contributed by atoms with E-state index in [2.05, 4.69) is 26.7 Å². The zero-order valence-corrected chi connectivity index (χ0v) is 22.2. The van der Waals surface area contributed by atoms with E-state index in [0.717, 1.165) is 43.0 Å². The molecule has 0 saturated carbocycles. The zero-order valence-electron chi connectivity index (χ0n) is 22.2. The minimum Gasteiger partial charge on any atom is -0.364 e. The first-order chi connectivity index (χ1) is 17.1. The first kappa shape index (κ1) is 30.4. The van der Waals surface area contributed by atoms with Crippen LogP contribution in [-0.4, -0.2) is 85.7 Å². The number of hydrogen-bond acceptors (Lipinski definition) is 8. The lowest BCUT2D eigenvalue weighted by Gasteiger charge is -2.12. The molecular weight excluding hydrogens is 458 g/mol. The summed E-state index contributed by atoms with van der Waals surface area (Å²) in [7, 11) is 7.36. The number of rotatable bonds is 12. The molecule has 0 fully saturated rings. The summed E-state index contributed by atoms with van der Waals surface area (Å²) >= 11 is 0. The normalized spacial score (nSPS) is 10.6. The van der Waals surface area contributed by atoms with E-state index in [-0.39, 0.29) is 18.1 Å². The Kier molecular flexibility index (Phi) is 13.6. The molecule has 10 heteroatoms. The highest BCUT2D eigenvalue weighted by Crippen LogP contribution is 2.20. The van der Waals surface area contributed by atoms with Crippen molar-refractivity contribution >= 4 is 29.6 Å². The molecule has 1 heterocycles. The number of aldehydes is 1. The van der Waals surface area contributed by atoms with Gasteiger partial charge in [-0.25, -0.2) is 9.97 Å². The Balaban J connectivity index is 0.000000426. The van der Waals surface area contributed by atoms with E-state index in [1.165, 1.54) is 16.5 Å².